The quantitative estimate of drug-likeness (QED) is 0.820. The Morgan fingerprint density at radius 3 is 2.53 bits per heavy atom. The van der Waals surface area contributed by atoms with Crippen LogP contribution in [0.4, 0.5) is 0 Å². The largest absolute Gasteiger partial charge is 0.365 e. The minimum atomic E-state index is -0.736. The molecule has 1 amide bonds. The minimum Gasteiger partial charge on any atom is -0.365 e. The highest BCUT2D eigenvalue weighted by molar-refractivity contribution is 5.93. The van der Waals surface area contributed by atoms with Crippen molar-refractivity contribution in [2.75, 3.05) is 0 Å². The molecule has 0 saturated carbocycles. The van der Waals surface area contributed by atoms with Gasteiger partial charge in [-0.15, -0.1) is 0 Å². The fourth-order valence-electron chi connectivity index (χ4n) is 1.59. The molecule has 0 aliphatic carbocycles. The molecule has 17 heavy (non-hydrogen) atoms. The lowest BCUT2D eigenvalue weighted by molar-refractivity contribution is 0.0997. The van der Waals surface area contributed by atoms with Gasteiger partial charge in [-0.2, -0.15) is 9.78 Å². The first-order valence-corrected chi connectivity index (χ1v) is 5.05. The first-order valence-electron chi connectivity index (χ1n) is 5.05. The second-order valence-corrected chi connectivity index (χ2v) is 3.62. The highest BCUT2D eigenvalue weighted by atomic mass is 16.2. The standard InChI is InChI=1S/C12H11N3O2/c1-8-7-14-15(9-5-3-2-4-6-9)12(17)10(8)11(13)16/h2-7H,1H3,(H2,13,16). The molecule has 2 aromatic rings. The highest BCUT2D eigenvalue weighted by Crippen LogP contribution is 2.04. The SMILES string of the molecule is Cc1cnn(-c2ccccc2)c(=O)c1C(N)=O. The van der Waals surface area contributed by atoms with Crippen LogP contribution in [0.2, 0.25) is 0 Å². The van der Waals surface area contributed by atoms with E-state index in [1.165, 1.54) is 6.20 Å². The molecular weight excluding hydrogens is 218 g/mol. The van der Waals surface area contributed by atoms with E-state index in [0.29, 0.717) is 11.3 Å². The van der Waals surface area contributed by atoms with Gasteiger partial charge in [-0.25, -0.2) is 0 Å². The molecule has 1 aromatic heterocycles. The van der Waals surface area contributed by atoms with Crippen molar-refractivity contribution >= 4 is 5.91 Å². The Hall–Kier alpha value is -2.43. The van der Waals surface area contributed by atoms with Crippen LogP contribution in [0, 0.1) is 6.92 Å². The topological polar surface area (TPSA) is 78.0 Å². The van der Waals surface area contributed by atoms with Crippen molar-refractivity contribution in [1.82, 2.24) is 9.78 Å². The van der Waals surface area contributed by atoms with Gasteiger partial charge in [0.2, 0.25) is 0 Å². The summed E-state index contributed by atoms with van der Waals surface area (Å²) in [5.41, 5.74) is 5.74. The normalized spacial score (nSPS) is 10.2. The predicted molar refractivity (Wildman–Crippen MR) is 63.1 cm³/mol. The number of nitrogens with two attached hydrogens (primary N) is 1. The third kappa shape index (κ3) is 1.94. The number of amides is 1. The van der Waals surface area contributed by atoms with E-state index in [-0.39, 0.29) is 5.56 Å². The van der Waals surface area contributed by atoms with E-state index in [1.54, 1.807) is 31.2 Å². The Labute approximate surface area is 97.5 Å². The number of aromatic nitrogens is 2. The lowest BCUT2D eigenvalue weighted by Crippen LogP contribution is -2.31. The van der Waals surface area contributed by atoms with Gasteiger partial charge >= 0.3 is 0 Å². The van der Waals surface area contributed by atoms with Gasteiger partial charge in [0.1, 0.15) is 5.56 Å². The molecule has 2 rings (SSSR count). The maximum Gasteiger partial charge on any atom is 0.284 e. The number of benzene rings is 1. The van der Waals surface area contributed by atoms with Gasteiger partial charge in [0.25, 0.3) is 11.5 Å². The summed E-state index contributed by atoms with van der Waals surface area (Å²) in [5.74, 6) is -0.736. The fourth-order valence-corrected chi connectivity index (χ4v) is 1.59. The molecule has 0 spiro atoms. The van der Waals surface area contributed by atoms with Crippen molar-refractivity contribution in [3.05, 3.63) is 58.0 Å². The zero-order chi connectivity index (χ0) is 12.4. The number of carbonyl (C=O) groups excluding carboxylic acids is 1. The summed E-state index contributed by atoms with van der Waals surface area (Å²) >= 11 is 0. The summed E-state index contributed by atoms with van der Waals surface area (Å²) in [6, 6.07) is 8.86. The Balaban J connectivity index is 2.71. The molecule has 0 atom stereocenters. The number of aryl methyl sites for hydroxylation is 1. The Morgan fingerprint density at radius 2 is 1.94 bits per heavy atom. The number of rotatable bonds is 2. The summed E-state index contributed by atoms with van der Waals surface area (Å²) in [7, 11) is 0. The van der Waals surface area contributed by atoms with Crippen LogP contribution in [-0.2, 0) is 0 Å². The zero-order valence-electron chi connectivity index (χ0n) is 9.25. The van der Waals surface area contributed by atoms with Crippen LogP contribution in [0.3, 0.4) is 0 Å². The molecule has 0 bridgehead atoms. The van der Waals surface area contributed by atoms with Gasteiger partial charge in [-0.1, -0.05) is 18.2 Å². The fraction of sp³-hybridized carbons (Fsp3) is 0.0833. The zero-order valence-corrected chi connectivity index (χ0v) is 9.25. The van der Waals surface area contributed by atoms with Crippen molar-refractivity contribution in [2.24, 2.45) is 5.73 Å². The summed E-state index contributed by atoms with van der Waals surface area (Å²) in [5, 5.41) is 3.99. The third-order valence-electron chi connectivity index (χ3n) is 2.41. The Kier molecular flexibility index (Phi) is 2.74. The number of hydrogen-bond acceptors (Lipinski definition) is 3. The van der Waals surface area contributed by atoms with E-state index in [9.17, 15) is 9.59 Å². The van der Waals surface area contributed by atoms with Gasteiger partial charge in [0.15, 0.2) is 0 Å². The number of para-hydroxylation sites is 1. The van der Waals surface area contributed by atoms with Crippen LogP contribution < -0.4 is 11.3 Å². The van der Waals surface area contributed by atoms with Crippen LogP contribution in [0.15, 0.2) is 41.3 Å². The van der Waals surface area contributed by atoms with E-state index in [2.05, 4.69) is 5.10 Å². The van der Waals surface area contributed by atoms with Crippen molar-refractivity contribution in [3.63, 3.8) is 0 Å². The van der Waals surface area contributed by atoms with Crippen LogP contribution >= 0.6 is 0 Å². The average molecular weight is 229 g/mol. The molecule has 0 saturated heterocycles. The van der Waals surface area contributed by atoms with Crippen molar-refractivity contribution in [1.29, 1.82) is 0 Å². The molecule has 86 valence electrons. The van der Waals surface area contributed by atoms with E-state index in [4.69, 9.17) is 5.73 Å². The van der Waals surface area contributed by atoms with Crippen molar-refractivity contribution in [2.45, 2.75) is 6.92 Å². The van der Waals surface area contributed by atoms with Crippen LogP contribution in [-0.4, -0.2) is 15.7 Å². The average Bonchev–Trinajstić information content (AvgIpc) is 2.30. The first kappa shape index (κ1) is 11.1. The Bertz CT molecular complexity index is 617. The van der Waals surface area contributed by atoms with Gasteiger partial charge in [0, 0.05) is 0 Å². The van der Waals surface area contributed by atoms with Gasteiger partial charge in [-0.05, 0) is 24.6 Å². The molecule has 0 fully saturated rings. The molecule has 2 N–H and O–H groups in total. The smallest absolute Gasteiger partial charge is 0.284 e. The maximum absolute atomic E-state index is 12.0. The summed E-state index contributed by atoms with van der Waals surface area (Å²) < 4.78 is 1.16. The Morgan fingerprint density at radius 1 is 1.29 bits per heavy atom. The van der Waals surface area contributed by atoms with Crippen LogP contribution in [0.1, 0.15) is 15.9 Å². The first-order chi connectivity index (χ1) is 8.11. The van der Waals surface area contributed by atoms with E-state index in [1.807, 2.05) is 6.07 Å². The summed E-state index contributed by atoms with van der Waals surface area (Å²) in [6.07, 6.45) is 1.45. The van der Waals surface area contributed by atoms with E-state index >= 15 is 0 Å². The van der Waals surface area contributed by atoms with E-state index in [0.717, 1.165) is 4.68 Å². The summed E-state index contributed by atoms with van der Waals surface area (Å²) in [4.78, 5) is 23.2. The lowest BCUT2D eigenvalue weighted by Gasteiger charge is -2.06. The van der Waals surface area contributed by atoms with Crippen molar-refractivity contribution < 1.29 is 4.79 Å². The number of carbonyl (C=O) groups is 1. The van der Waals surface area contributed by atoms with Gasteiger partial charge < -0.3 is 5.73 Å². The van der Waals surface area contributed by atoms with E-state index < -0.39 is 11.5 Å². The second kappa shape index (κ2) is 4.21. The van der Waals surface area contributed by atoms with Crippen molar-refractivity contribution in [3.8, 4) is 5.69 Å². The number of primary amides is 1. The molecule has 0 radical (unpaired) electrons. The molecular formula is C12H11N3O2. The molecule has 0 aliphatic heterocycles. The number of hydrogen-bond donors (Lipinski definition) is 1. The summed E-state index contributed by atoms with van der Waals surface area (Å²) in [6.45, 7) is 1.63. The maximum atomic E-state index is 12.0. The molecule has 1 heterocycles. The lowest BCUT2D eigenvalue weighted by atomic mass is 10.2. The minimum absolute atomic E-state index is 0.0242. The highest BCUT2D eigenvalue weighted by Gasteiger charge is 2.14. The monoisotopic (exact) mass is 229 g/mol. The number of nitrogens with zero attached hydrogens (tertiary/aromatic N) is 2. The second-order valence-electron chi connectivity index (χ2n) is 3.62. The molecule has 5 heteroatoms. The van der Waals surface area contributed by atoms with Crippen LogP contribution in [0.25, 0.3) is 5.69 Å². The van der Waals surface area contributed by atoms with Gasteiger partial charge in [0.05, 0.1) is 11.9 Å². The third-order valence-corrected chi connectivity index (χ3v) is 2.41. The predicted octanol–water partition coefficient (Wildman–Crippen LogP) is 0.640. The molecule has 0 unspecified atom stereocenters. The van der Waals surface area contributed by atoms with Gasteiger partial charge in [-0.3, -0.25) is 9.59 Å². The molecule has 5 nitrogen and oxygen atoms in total. The van der Waals surface area contributed by atoms with Crippen LogP contribution in [0.5, 0.6) is 0 Å². The molecule has 1 aromatic carbocycles. The molecule has 0 aliphatic rings.